The molecule has 1 atom stereocenters. The quantitative estimate of drug-likeness (QED) is 0.314. The predicted octanol–water partition coefficient (Wildman–Crippen LogP) is 1.08. The molecule has 0 spiro atoms. The van der Waals surface area contributed by atoms with Gasteiger partial charge in [-0.15, -0.1) is 0 Å². The van der Waals surface area contributed by atoms with Crippen LogP contribution in [0.1, 0.15) is 25.7 Å². The van der Waals surface area contributed by atoms with Gasteiger partial charge in [-0.25, -0.2) is 4.79 Å². The number of carbonyl (C=O) groups is 3. The Hall–Kier alpha value is -1.89. The second-order valence-electron chi connectivity index (χ2n) is 4.09. The van der Waals surface area contributed by atoms with Crippen LogP contribution in [0.3, 0.4) is 0 Å². The topological polar surface area (TPSA) is 110 Å². The maximum atomic E-state index is 10.9. The Labute approximate surface area is 117 Å². The summed E-state index contributed by atoms with van der Waals surface area (Å²) < 4.78 is 9.82. The molecule has 0 bridgehead atoms. The van der Waals surface area contributed by atoms with Gasteiger partial charge < -0.3 is 19.7 Å². The van der Waals surface area contributed by atoms with Crippen molar-refractivity contribution in [1.29, 1.82) is 0 Å². The van der Waals surface area contributed by atoms with Crippen molar-refractivity contribution < 1.29 is 34.1 Å². The van der Waals surface area contributed by atoms with E-state index >= 15 is 0 Å². The van der Waals surface area contributed by atoms with Gasteiger partial charge in [0, 0.05) is 19.1 Å². The lowest BCUT2D eigenvalue weighted by Gasteiger charge is -2.11. The summed E-state index contributed by atoms with van der Waals surface area (Å²) in [6, 6.07) is 0. The molecule has 7 heteroatoms. The van der Waals surface area contributed by atoms with Gasteiger partial charge in [0.1, 0.15) is 6.61 Å². The number of hydrogen-bond acceptors (Lipinski definition) is 5. The zero-order valence-corrected chi connectivity index (χ0v) is 11.2. The molecule has 2 N–H and O–H groups in total. The first-order valence-corrected chi connectivity index (χ1v) is 6.29. The summed E-state index contributed by atoms with van der Waals surface area (Å²) in [6.45, 7) is 3.72. The molecule has 20 heavy (non-hydrogen) atoms. The number of ether oxygens (including phenoxy) is 2. The lowest BCUT2D eigenvalue weighted by Crippen LogP contribution is -2.17. The van der Waals surface area contributed by atoms with E-state index in [1.807, 2.05) is 0 Å². The highest BCUT2D eigenvalue weighted by atomic mass is 16.6. The molecule has 0 aliphatic rings. The Balaban J connectivity index is 3.70. The van der Waals surface area contributed by atoms with Crippen molar-refractivity contribution in [3.63, 3.8) is 0 Å². The third kappa shape index (κ3) is 10.1. The Morgan fingerprint density at radius 3 is 2.35 bits per heavy atom. The highest BCUT2D eigenvalue weighted by molar-refractivity contribution is 5.81. The average molecular weight is 288 g/mol. The normalized spacial score (nSPS) is 11.6. The summed E-state index contributed by atoms with van der Waals surface area (Å²) in [5.74, 6) is -3.05. The van der Waals surface area contributed by atoms with Gasteiger partial charge in [-0.3, -0.25) is 9.59 Å². The molecule has 0 aliphatic heterocycles. The molecule has 0 saturated carbocycles. The lowest BCUT2D eigenvalue weighted by molar-refractivity contribution is -0.143. The summed E-state index contributed by atoms with van der Waals surface area (Å²) in [5.41, 5.74) is 0. The molecule has 0 aromatic carbocycles. The standard InChI is InChI=1S/C13H20O7/c1-2-12(16)20-9-8-19-7-6-10(13(17)18)4-3-5-11(14)15/h2,10H,1,3-9H2,(H,14,15)(H,17,18). The Morgan fingerprint density at radius 2 is 1.80 bits per heavy atom. The second kappa shape index (κ2) is 11.0. The maximum Gasteiger partial charge on any atom is 0.330 e. The van der Waals surface area contributed by atoms with Crippen LogP contribution in [-0.4, -0.2) is 47.9 Å². The molecular weight excluding hydrogens is 268 g/mol. The summed E-state index contributed by atoms with van der Waals surface area (Å²) >= 11 is 0. The third-order valence-corrected chi connectivity index (χ3v) is 2.54. The van der Waals surface area contributed by atoms with Crippen LogP contribution in [0.25, 0.3) is 0 Å². The minimum absolute atomic E-state index is 0.0395. The van der Waals surface area contributed by atoms with E-state index in [1.54, 1.807) is 0 Å². The zero-order valence-electron chi connectivity index (χ0n) is 11.2. The summed E-state index contributed by atoms with van der Waals surface area (Å²) in [6.07, 6.45) is 1.93. The molecule has 0 fully saturated rings. The van der Waals surface area contributed by atoms with E-state index in [0.717, 1.165) is 6.08 Å². The third-order valence-electron chi connectivity index (χ3n) is 2.54. The van der Waals surface area contributed by atoms with Crippen molar-refractivity contribution in [3.05, 3.63) is 12.7 Å². The predicted molar refractivity (Wildman–Crippen MR) is 69.2 cm³/mol. The largest absolute Gasteiger partial charge is 0.481 e. The lowest BCUT2D eigenvalue weighted by atomic mass is 9.99. The number of carbonyl (C=O) groups excluding carboxylic acids is 1. The van der Waals surface area contributed by atoms with Crippen molar-refractivity contribution in [2.45, 2.75) is 25.7 Å². The van der Waals surface area contributed by atoms with Gasteiger partial charge in [-0.05, 0) is 19.3 Å². The fourth-order valence-corrected chi connectivity index (χ4v) is 1.48. The molecule has 0 heterocycles. The van der Waals surface area contributed by atoms with E-state index in [2.05, 4.69) is 11.3 Å². The molecule has 0 aliphatic carbocycles. The maximum absolute atomic E-state index is 10.9. The van der Waals surface area contributed by atoms with Crippen LogP contribution in [0.4, 0.5) is 0 Å². The highest BCUT2D eigenvalue weighted by Crippen LogP contribution is 2.13. The number of hydrogen-bond donors (Lipinski definition) is 2. The van der Waals surface area contributed by atoms with Crippen LogP contribution in [0.2, 0.25) is 0 Å². The van der Waals surface area contributed by atoms with E-state index in [0.29, 0.717) is 19.3 Å². The summed E-state index contributed by atoms with van der Waals surface area (Å²) in [4.78, 5) is 32.0. The van der Waals surface area contributed by atoms with Gasteiger partial charge in [-0.2, -0.15) is 0 Å². The first-order valence-electron chi connectivity index (χ1n) is 6.29. The van der Waals surface area contributed by atoms with Crippen LogP contribution in [0, 0.1) is 5.92 Å². The minimum atomic E-state index is -0.961. The first-order chi connectivity index (χ1) is 9.47. The zero-order chi connectivity index (χ0) is 15.4. The molecule has 0 saturated heterocycles. The van der Waals surface area contributed by atoms with Gasteiger partial charge in [0.05, 0.1) is 12.5 Å². The van der Waals surface area contributed by atoms with Crippen LogP contribution in [0.5, 0.6) is 0 Å². The van der Waals surface area contributed by atoms with Crippen LogP contribution >= 0.6 is 0 Å². The van der Waals surface area contributed by atoms with Gasteiger partial charge in [0.2, 0.25) is 0 Å². The molecule has 0 aromatic rings. The van der Waals surface area contributed by atoms with Crippen molar-refractivity contribution in [1.82, 2.24) is 0 Å². The summed E-state index contributed by atoms with van der Waals surface area (Å²) in [7, 11) is 0. The van der Waals surface area contributed by atoms with E-state index < -0.39 is 23.8 Å². The van der Waals surface area contributed by atoms with Gasteiger partial charge in [0.15, 0.2) is 0 Å². The van der Waals surface area contributed by atoms with Crippen molar-refractivity contribution >= 4 is 17.9 Å². The van der Waals surface area contributed by atoms with Crippen LogP contribution in [-0.2, 0) is 23.9 Å². The van der Waals surface area contributed by atoms with Crippen molar-refractivity contribution in [3.8, 4) is 0 Å². The first kappa shape index (κ1) is 18.1. The van der Waals surface area contributed by atoms with Crippen LogP contribution < -0.4 is 0 Å². The fraction of sp³-hybridized carbons (Fsp3) is 0.615. The Bertz CT molecular complexity index is 338. The molecule has 1 unspecified atom stereocenters. The number of rotatable bonds is 12. The van der Waals surface area contributed by atoms with Crippen LogP contribution in [0.15, 0.2) is 12.7 Å². The van der Waals surface area contributed by atoms with Crippen molar-refractivity contribution in [2.75, 3.05) is 19.8 Å². The van der Waals surface area contributed by atoms with Gasteiger partial charge >= 0.3 is 17.9 Å². The van der Waals surface area contributed by atoms with E-state index in [-0.39, 0.29) is 26.2 Å². The number of carboxylic acid groups (broad SMARTS) is 2. The monoisotopic (exact) mass is 288 g/mol. The summed E-state index contributed by atoms with van der Waals surface area (Å²) in [5, 5.41) is 17.4. The Morgan fingerprint density at radius 1 is 1.10 bits per heavy atom. The number of aliphatic carboxylic acids is 2. The molecule has 0 aromatic heterocycles. The van der Waals surface area contributed by atoms with E-state index in [9.17, 15) is 14.4 Å². The molecule has 114 valence electrons. The number of carboxylic acids is 2. The van der Waals surface area contributed by atoms with Gasteiger partial charge in [0.25, 0.3) is 0 Å². The molecule has 0 amide bonds. The minimum Gasteiger partial charge on any atom is -0.481 e. The molecule has 7 nitrogen and oxygen atoms in total. The van der Waals surface area contributed by atoms with E-state index in [1.165, 1.54) is 0 Å². The molecular formula is C13H20O7. The molecule has 0 radical (unpaired) electrons. The molecule has 0 rings (SSSR count). The van der Waals surface area contributed by atoms with Crippen molar-refractivity contribution in [2.24, 2.45) is 5.92 Å². The number of esters is 1. The fourth-order valence-electron chi connectivity index (χ4n) is 1.48. The second-order valence-corrected chi connectivity index (χ2v) is 4.09. The van der Waals surface area contributed by atoms with Gasteiger partial charge in [-0.1, -0.05) is 6.58 Å². The SMILES string of the molecule is C=CC(=O)OCCOCCC(CCCC(=O)O)C(=O)O. The highest BCUT2D eigenvalue weighted by Gasteiger charge is 2.17. The smallest absolute Gasteiger partial charge is 0.330 e. The average Bonchev–Trinajstić information content (AvgIpc) is 2.39. The van der Waals surface area contributed by atoms with E-state index in [4.69, 9.17) is 14.9 Å². The Kier molecular flexibility index (Phi) is 9.94.